The van der Waals surface area contributed by atoms with Gasteiger partial charge in [-0.25, -0.2) is 4.79 Å². The van der Waals surface area contributed by atoms with Crippen molar-refractivity contribution in [1.29, 1.82) is 5.26 Å². The molecule has 0 saturated heterocycles. The van der Waals surface area contributed by atoms with Crippen LogP contribution in [0.4, 0.5) is 0 Å². The van der Waals surface area contributed by atoms with Gasteiger partial charge in [0.1, 0.15) is 0 Å². The molecule has 0 aliphatic heterocycles. The fourth-order valence-electron chi connectivity index (χ4n) is 2.65. The van der Waals surface area contributed by atoms with Crippen LogP contribution in [0.15, 0.2) is 83.8 Å². The molecule has 0 bridgehead atoms. The fraction of sp³-hybridized carbons (Fsp3) is 0.125. The van der Waals surface area contributed by atoms with E-state index >= 15 is 0 Å². The lowest BCUT2D eigenvalue weighted by atomic mass is 10.2. The summed E-state index contributed by atoms with van der Waals surface area (Å²) in [7, 11) is 0. The summed E-state index contributed by atoms with van der Waals surface area (Å²) in [5.74, 6) is -0.240. The molecule has 1 amide bonds. The van der Waals surface area contributed by atoms with Crippen molar-refractivity contribution in [3.05, 3.63) is 101 Å². The van der Waals surface area contributed by atoms with E-state index in [9.17, 15) is 9.59 Å². The molecule has 0 saturated carbocycles. The van der Waals surface area contributed by atoms with Crippen LogP contribution >= 0.6 is 11.8 Å². The average Bonchev–Trinajstić information content (AvgIpc) is 2.81. The summed E-state index contributed by atoms with van der Waals surface area (Å²) in [6, 6.07) is 26.1. The number of carbonyl (C=O) groups is 2. The van der Waals surface area contributed by atoms with Gasteiger partial charge in [-0.1, -0.05) is 54.6 Å². The number of carbonyl (C=O) groups excluding carboxylic acids is 2. The lowest BCUT2D eigenvalue weighted by Gasteiger charge is -2.10. The topological polar surface area (TPSA) is 79.2 Å². The highest BCUT2D eigenvalue weighted by atomic mass is 32.2. The summed E-state index contributed by atoms with van der Waals surface area (Å²) in [6.07, 6.45) is 0. The molecule has 30 heavy (non-hydrogen) atoms. The lowest BCUT2D eigenvalue weighted by Crippen LogP contribution is -2.28. The molecular weight excluding hydrogens is 396 g/mol. The Balaban J connectivity index is 1.53. The van der Waals surface area contributed by atoms with Crippen molar-refractivity contribution in [2.75, 3.05) is 6.61 Å². The molecule has 3 aromatic rings. The van der Waals surface area contributed by atoms with E-state index in [1.165, 1.54) is 11.8 Å². The molecular formula is C24H20N2O3S. The van der Waals surface area contributed by atoms with E-state index in [1.807, 2.05) is 54.6 Å². The third-order valence-corrected chi connectivity index (χ3v) is 5.40. The number of rotatable bonds is 8. The van der Waals surface area contributed by atoms with Gasteiger partial charge in [0.05, 0.1) is 17.2 Å². The van der Waals surface area contributed by atoms with E-state index in [-0.39, 0.29) is 12.5 Å². The minimum Gasteiger partial charge on any atom is -0.452 e. The van der Waals surface area contributed by atoms with Gasteiger partial charge in [-0.15, -0.1) is 11.8 Å². The Morgan fingerprint density at radius 3 is 2.33 bits per heavy atom. The van der Waals surface area contributed by atoms with Crippen molar-refractivity contribution in [3.8, 4) is 6.07 Å². The summed E-state index contributed by atoms with van der Waals surface area (Å²) < 4.78 is 5.20. The smallest absolute Gasteiger partial charge is 0.339 e. The van der Waals surface area contributed by atoms with Crippen molar-refractivity contribution in [3.63, 3.8) is 0 Å². The first kappa shape index (κ1) is 21.2. The molecule has 150 valence electrons. The standard InChI is InChI=1S/C24H20N2O3S/c25-14-18-10-12-20(13-11-18)17-30-22-9-5-4-8-21(22)24(28)29-16-23(27)26-15-19-6-2-1-3-7-19/h1-13H,15-17H2,(H,26,27). The molecule has 0 aromatic heterocycles. The highest BCUT2D eigenvalue weighted by molar-refractivity contribution is 7.98. The molecule has 0 unspecified atom stereocenters. The summed E-state index contributed by atoms with van der Waals surface area (Å²) >= 11 is 1.50. The van der Waals surface area contributed by atoms with Gasteiger partial charge < -0.3 is 10.1 Å². The summed E-state index contributed by atoms with van der Waals surface area (Å²) in [6.45, 7) is 0.0501. The Bertz CT molecular complexity index is 1040. The highest BCUT2D eigenvalue weighted by Crippen LogP contribution is 2.27. The number of nitrogens with zero attached hydrogens (tertiary/aromatic N) is 1. The van der Waals surface area contributed by atoms with Gasteiger partial charge in [0.25, 0.3) is 5.91 Å². The van der Waals surface area contributed by atoms with Crippen LogP contribution in [0.25, 0.3) is 0 Å². The number of amides is 1. The van der Waals surface area contributed by atoms with Crippen molar-refractivity contribution < 1.29 is 14.3 Å². The quantitative estimate of drug-likeness (QED) is 0.437. The third kappa shape index (κ3) is 6.23. The molecule has 0 heterocycles. The van der Waals surface area contributed by atoms with Crippen molar-refractivity contribution in [2.24, 2.45) is 0 Å². The Morgan fingerprint density at radius 1 is 0.900 bits per heavy atom. The molecule has 0 aliphatic carbocycles. The van der Waals surface area contributed by atoms with Gasteiger partial charge in [-0.05, 0) is 35.4 Å². The van der Waals surface area contributed by atoms with E-state index in [0.717, 1.165) is 16.0 Å². The number of hydrogen-bond donors (Lipinski definition) is 1. The zero-order chi connectivity index (χ0) is 21.2. The van der Waals surface area contributed by atoms with Crippen LogP contribution in [0, 0.1) is 11.3 Å². The molecule has 0 fully saturated rings. The van der Waals surface area contributed by atoms with Gasteiger partial charge in [-0.2, -0.15) is 5.26 Å². The number of nitriles is 1. The van der Waals surface area contributed by atoms with Gasteiger partial charge in [0.15, 0.2) is 6.61 Å². The second-order valence-electron chi connectivity index (χ2n) is 6.43. The SMILES string of the molecule is N#Cc1ccc(CSc2ccccc2C(=O)OCC(=O)NCc2ccccc2)cc1. The number of nitrogens with one attached hydrogen (secondary N) is 1. The Hall–Kier alpha value is -3.56. The van der Waals surface area contributed by atoms with Crippen LogP contribution in [-0.4, -0.2) is 18.5 Å². The summed E-state index contributed by atoms with van der Waals surface area (Å²) in [5.41, 5.74) is 3.05. The molecule has 0 atom stereocenters. The van der Waals surface area contributed by atoms with E-state index in [1.54, 1.807) is 24.3 Å². The predicted molar refractivity (Wildman–Crippen MR) is 116 cm³/mol. The van der Waals surface area contributed by atoms with E-state index in [0.29, 0.717) is 23.4 Å². The van der Waals surface area contributed by atoms with Crippen LogP contribution in [0.5, 0.6) is 0 Å². The number of ether oxygens (including phenoxy) is 1. The van der Waals surface area contributed by atoms with Crippen LogP contribution in [-0.2, 0) is 21.8 Å². The molecule has 5 nitrogen and oxygen atoms in total. The van der Waals surface area contributed by atoms with Crippen LogP contribution < -0.4 is 5.32 Å². The summed E-state index contributed by atoms with van der Waals surface area (Å²) in [5, 5.41) is 11.6. The Morgan fingerprint density at radius 2 is 1.60 bits per heavy atom. The molecule has 1 N–H and O–H groups in total. The average molecular weight is 417 g/mol. The molecule has 0 aliphatic rings. The van der Waals surface area contributed by atoms with Gasteiger partial charge in [0.2, 0.25) is 0 Å². The first-order chi connectivity index (χ1) is 14.7. The molecule has 3 rings (SSSR count). The third-order valence-electron chi connectivity index (χ3n) is 4.25. The zero-order valence-electron chi connectivity index (χ0n) is 16.2. The Kier molecular flexibility index (Phi) is 7.64. The van der Waals surface area contributed by atoms with Crippen molar-refractivity contribution in [1.82, 2.24) is 5.32 Å². The number of esters is 1. The maximum atomic E-state index is 12.5. The lowest BCUT2D eigenvalue weighted by molar-refractivity contribution is -0.124. The zero-order valence-corrected chi connectivity index (χ0v) is 17.0. The second kappa shape index (κ2) is 10.8. The largest absolute Gasteiger partial charge is 0.452 e. The first-order valence-electron chi connectivity index (χ1n) is 9.34. The van der Waals surface area contributed by atoms with E-state index < -0.39 is 5.97 Å². The Labute approximate surface area is 179 Å². The van der Waals surface area contributed by atoms with E-state index in [2.05, 4.69) is 11.4 Å². The van der Waals surface area contributed by atoms with E-state index in [4.69, 9.17) is 10.00 Å². The van der Waals surface area contributed by atoms with Gasteiger partial charge in [0, 0.05) is 17.2 Å². The van der Waals surface area contributed by atoms with Crippen LogP contribution in [0.3, 0.4) is 0 Å². The molecule has 3 aromatic carbocycles. The molecule has 6 heteroatoms. The number of benzene rings is 3. The highest BCUT2D eigenvalue weighted by Gasteiger charge is 2.14. The maximum Gasteiger partial charge on any atom is 0.339 e. The second-order valence-corrected chi connectivity index (χ2v) is 7.45. The monoisotopic (exact) mass is 416 g/mol. The number of hydrogen-bond acceptors (Lipinski definition) is 5. The minimum absolute atomic E-state index is 0.333. The van der Waals surface area contributed by atoms with Gasteiger partial charge >= 0.3 is 5.97 Å². The minimum atomic E-state index is -0.534. The van der Waals surface area contributed by atoms with Crippen LogP contribution in [0.2, 0.25) is 0 Å². The number of thioether (sulfide) groups is 1. The fourth-order valence-corrected chi connectivity index (χ4v) is 3.65. The van der Waals surface area contributed by atoms with Crippen molar-refractivity contribution >= 4 is 23.6 Å². The first-order valence-corrected chi connectivity index (χ1v) is 10.3. The molecule has 0 radical (unpaired) electrons. The molecule has 0 spiro atoms. The van der Waals surface area contributed by atoms with Gasteiger partial charge in [-0.3, -0.25) is 4.79 Å². The predicted octanol–water partition coefficient (Wildman–Crippen LogP) is 4.32. The normalized spacial score (nSPS) is 10.1. The summed E-state index contributed by atoms with van der Waals surface area (Å²) in [4.78, 5) is 25.2. The van der Waals surface area contributed by atoms with Crippen LogP contribution in [0.1, 0.15) is 27.0 Å². The maximum absolute atomic E-state index is 12.5. The van der Waals surface area contributed by atoms with Crippen molar-refractivity contribution in [2.45, 2.75) is 17.2 Å².